The number of likely N-dealkylation sites (N-methyl/N-ethyl adjacent to an activating group) is 1. The van der Waals surface area contributed by atoms with Gasteiger partial charge in [0.05, 0.1) is 24.8 Å². The number of ether oxygens (including phenoxy) is 2. The molecule has 0 aliphatic carbocycles. The monoisotopic (exact) mass is 573 g/mol. The molecule has 3 aromatic rings. The van der Waals surface area contributed by atoms with Crippen LogP contribution in [0, 0.1) is 6.92 Å². The van der Waals surface area contributed by atoms with E-state index in [-0.39, 0.29) is 27.9 Å². The van der Waals surface area contributed by atoms with Crippen molar-refractivity contribution >= 4 is 39.1 Å². The Hall–Kier alpha value is -3.76. The van der Waals surface area contributed by atoms with Crippen LogP contribution in [0.1, 0.15) is 18.1 Å². The van der Waals surface area contributed by atoms with Crippen molar-refractivity contribution in [2.24, 2.45) is 0 Å². The second-order valence-corrected chi connectivity index (χ2v) is 11.1. The molecule has 11 heteroatoms. The van der Waals surface area contributed by atoms with E-state index in [9.17, 15) is 18.0 Å². The van der Waals surface area contributed by atoms with Crippen LogP contribution in [-0.2, 0) is 26.2 Å². The van der Waals surface area contributed by atoms with Crippen molar-refractivity contribution in [2.75, 3.05) is 32.1 Å². The number of nitrogens with zero attached hydrogens (tertiary/aromatic N) is 2. The number of methoxy groups -OCH3 is 2. The number of sulfonamides is 1. The summed E-state index contributed by atoms with van der Waals surface area (Å²) in [5.74, 6) is -0.215. The average molecular weight is 574 g/mol. The molecule has 0 aromatic heterocycles. The van der Waals surface area contributed by atoms with Crippen molar-refractivity contribution in [1.29, 1.82) is 0 Å². The summed E-state index contributed by atoms with van der Waals surface area (Å²) in [7, 11) is 0.139. The number of halogens is 1. The summed E-state index contributed by atoms with van der Waals surface area (Å²) in [5.41, 5.74) is 1.67. The Labute approximate surface area is 234 Å². The van der Waals surface area contributed by atoms with Gasteiger partial charge in [-0.3, -0.25) is 13.9 Å². The molecule has 3 rings (SSSR count). The highest BCUT2D eigenvalue weighted by atomic mass is 35.5. The van der Waals surface area contributed by atoms with Gasteiger partial charge in [0.15, 0.2) is 0 Å². The number of carbonyl (C=O) groups is 2. The lowest BCUT2D eigenvalue weighted by Crippen LogP contribution is -2.50. The van der Waals surface area contributed by atoms with E-state index < -0.39 is 34.4 Å². The molecular weight excluding hydrogens is 542 g/mol. The van der Waals surface area contributed by atoms with Gasteiger partial charge in [-0.15, -0.1) is 0 Å². The third-order valence-electron chi connectivity index (χ3n) is 6.20. The van der Waals surface area contributed by atoms with Crippen LogP contribution in [0.2, 0.25) is 5.02 Å². The van der Waals surface area contributed by atoms with Crippen molar-refractivity contribution in [3.05, 3.63) is 82.9 Å². The maximum absolute atomic E-state index is 13.9. The number of rotatable bonds is 11. The largest absolute Gasteiger partial charge is 0.497 e. The molecule has 9 nitrogen and oxygen atoms in total. The number of benzene rings is 3. The van der Waals surface area contributed by atoms with Crippen molar-refractivity contribution in [1.82, 2.24) is 10.2 Å². The second kappa shape index (κ2) is 12.9. The van der Waals surface area contributed by atoms with Crippen LogP contribution in [0.5, 0.6) is 11.5 Å². The highest BCUT2D eigenvalue weighted by Gasteiger charge is 2.33. The van der Waals surface area contributed by atoms with Gasteiger partial charge in [-0.2, -0.15) is 0 Å². The molecule has 208 valence electrons. The molecule has 39 heavy (non-hydrogen) atoms. The standard InChI is InChI=1S/C28H32ClN3O6S/c1-19-9-12-24(13-10-19)39(35,36)32(25-16-22(29)11-14-26(25)38-5)18-27(33)31(20(2)28(34)30-3)17-21-7-6-8-23(15-21)37-4/h6-16,20H,17-18H2,1-5H3,(H,30,34)/t20-/m1/s1. The predicted octanol–water partition coefficient (Wildman–Crippen LogP) is 4.02. The quantitative estimate of drug-likeness (QED) is 0.371. The van der Waals surface area contributed by atoms with Gasteiger partial charge < -0.3 is 19.7 Å². The first-order valence-electron chi connectivity index (χ1n) is 12.1. The Balaban J connectivity index is 2.10. The van der Waals surface area contributed by atoms with Gasteiger partial charge in [-0.1, -0.05) is 41.4 Å². The minimum absolute atomic E-state index is 0.0124. The minimum Gasteiger partial charge on any atom is -0.497 e. The van der Waals surface area contributed by atoms with Gasteiger partial charge in [0.1, 0.15) is 24.1 Å². The van der Waals surface area contributed by atoms with E-state index in [1.165, 1.54) is 50.4 Å². The van der Waals surface area contributed by atoms with Crippen LogP contribution in [0.25, 0.3) is 0 Å². The van der Waals surface area contributed by atoms with Crippen molar-refractivity contribution in [2.45, 2.75) is 31.3 Å². The molecule has 0 fully saturated rings. The van der Waals surface area contributed by atoms with Crippen LogP contribution >= 0.6 is 11.6 Å². The van der Waals surface area contributed by atoms with E-state index in [2.05, 4.69) is 5.32 Å². The Morgan fingerprint density at radius 2 is 1.69 bits per heavy atom. The maximum atomic E-state index is 13.9. The summed E-state index contributed by atoms with van der Waals surface area (Å²) in [6, 6.07) is 17.0. The third kappa shape index (κ3) is 7.01. The smallest absolute Gasteiger partial charge is 0.264 e. The van der Waals surface area contributed by atoms with E-state index in [0.717, 1.165) is 9.87 Å². The van der Waals surface area contributed by atoms with Crippen LogP contribution in [-0.4, -0.2) is 59.0 Å². The fraction of sp³-hybridized carbons (Fsp3) is 0.286. The van der Waals surface area contributed by atoms with Crippen LogP contribution in [0.3, 0.4) is 0 Å². The molecule has 3 aromatic carbocycles. The molecule has 0 spiro atoms. The molecule has 0 aliphatic heterocycles. The van der Waals surface area contributed by atoms with Crippen LogP contribution in [0.15, 0.2) is 71.6 Å². The number of aryl methyl sites for hydroxylation is 1. The Kier molecular flexibility index (Phi) is 9.82. The second-order valence-electron chi connectivity index (χ2n) is 8.80. The lowest BCUT2D eigenvalue weighted by Gasteiger charge is -2.32. The fourth-order valence-corrected chi connectivity index (χ4v) is 5.55. The molecule has 0 heterocycles. The maximum Gasteiger partial charge on any atom is 0.264 e. The van der Waals surface area contributed by atoms with Crippen molar-refractivity contribution in [3.63, 3.8) is 0 Å². The van der Waals surface area contributed by atoms with Gasteiger partial charge in [-0.05, 0) is 61.9 Å². The average Bonchev–Trinajstić information content (AvgIpc) is 2.93. The highest BCUT2D eigenvalue weighted by molar-refractivity contribution is 7.92. The molecule has 0 unspecified atom stereocenters. The number of nitrogens with one attached hydrogen (secondary N) is 1. The topological polar surface area (TPSA) is 105 Å². The van der Waals surface area contributed by atoms with Crippen LogP contribution in [0.4, 0.5) is 5.69 Å². The lowest BCUT2D eigenvalue weighted by molar-refractivity contribution is -0.139. The summed E-state index contributed by atoms with van der Waals surface area (Å²) < 4.78 is 39.6. The number of hydrogen-bond acceptors (Lipinski definition) is 6. The predicted molar refractivity (Wildman–Crippen MR) is 151 cm³/mol. The highest BCUT2D eigenvalue weighted by Crippen LogP contribution is 2.35. The van der Waals surface area contributed by atoms with Gasteiger partial charge in [-0.25, -0.2) is 8.42 Å². The fourth-order valence-electron chi connectivity index (χ4n) is 3.97. The number of anilines is 1. The summed E-state index contributed by atoms with van der Waals surface area (Å²) in [6.45, 7) is 2.85. The molecule has 2 amide bonds. The summed E-state index contributed by atoms with van der Waals surface area (Å²) in [4.78, 5) is 27.8. The first-order valence-corrected chi connectivity index (χ1v) is 13.9. The lowest BCUT2D eigenvalue weighted by atomic mass is 10.1. The van der Waals surface area contributed by atoms with Gasteiger partial charge >= 0.3 is 0 Å². The first kappa shape index (κ1) is 29.8. The molecule has 0 saturated carbocycles. The number of amides is 2. The normalized spacial score (nSPS) is 11.8. The minimum atomic E-state index is -4.26. The summed E-state index contributed by atoms with van der Waals surface area (Å²) in [5, 5.41) is 2.81. The summed E-state index contributed by atoms with van der Waals surface area (Å²) >= 11 is 6.24. The Morgan fingerprint density at radius 1 is 1.00 bits per heavy atom. The molecule has 0 radical (unpaired) electrons. The zero-order valence-electron chi connectivity index (χ0n) is 22.5. The van der Waals surface area contributed by atoms with E-state index in [0.29, 0.717) is 11.3 Å². The van der Waals surface area contributed by atoms with Crippen molar-refractivity contribution in [3.8, 4) is 11.5 Å². The zero-order chi connectivity index (χ0) is 28.7. The first-order chi connectivity index (χ1) is 18.5. The zero-order valence-corrected chi connectivity index (χ0v) is 24.0. The molecule has 1 atom stereocenters. The molecule has 0 saturated heterocycles. The van der Waals surface area contributed by atoms with E-state index in [4.69, 9.17) is 21.1 Å². The summed E-state index contributed by atoms with van der Waals surface area (Å²) in [6.07, 6.45) is 0. The number of hydrogen-bond donors (Lipinski definition) is 1. The SMILES string of the molecule is CNC(=O)[C@@H](C)N(Cc1cccc(OC)c1)C(=O)CN(c1cc(Cl)ccc1OC)S(=O)(=O)c1ccc(C)cc1. The third-order valence-corrected chi connectivity index (χ3v) is 8.21. The Bertz CT molecular complexity index is 1430. The number of carbonyl (C=O) groups excluding carboxylic acids is 2. The van der Waals surface area contributed by atoms with Crippen LogP contribution < -0.4 is 19.1 Å². The van der Waals surface area contributed by atoms with Gasteiger partial charge in [0.2, 0.25) is 11.8 Å². The molecule has 0 bridgehead atoms. The van der Waals surface area contributed by atoms with E-state index in [1.54, 1.807) is 49.4 Å². The van der Waals surface area contributed by atoms with Gasteiger partial charge in [0.25, 0.3) is 10.0 Å². The molecular formula is C28H32ClN3O6S. The van der Waals surface area contributed by atoms with Crippen molar-refractivity contribution < 1.29 is 27.5 Å². The molecule has 0 aliphatic rings. The van der Waals surface area contributed by atoms with E-state index in [1.807, 2.05) is 6.92 Å². The van der Waals surface area contributed by atoms with Gasteiger partial charge in [0, 0.05) is 18.6 Å². The van der Waals surface area contributed by atoms with E-state index >= 15 is 0 Å². The molecule has 1 N–H and O–H groups in total. The Morgan fingerprint density at radius 3 is 2.31 bits per heavy atom.